The van der Waals surface area contributed by atoms with Crippen LogP contribution in [0.4, 0.5) is 28.4 Å². The molecule has 5 heterocycles. The molecule has 1 aliphatic rings. The standard InChI is InChI=1S/C18H16F4N8S/c1-10-6-30-13(11-3-24-25-4-11)5-23-16(30)15(26-10)27-14-2-12(28-31-14)7-29-8-17(19,20)18(21,22)9-29/h2-6H,7-9H2,1H3,(H,24,25)(H,26,27). The highest BCUT2D eigenvalue weighted by atomic mass is 32.1. The Morgan fingerprint density at radius 3 is 2.68 bits per heavy atom. The predicted octanol–water partition coefficient (Wildman–Crippen LogP) is 3.71. The Kier molecular flexibility index (Phi) is 4.48. The SMILES string of the molecule is Cc1cn2c(-c3cn[nH]c3)cnc2c(Nc2cc(CN3CC(F)(F)C(F)(F)C3)ns2)n1. The maximum atomic E-state index is 13.4. The number of hydrogen-bond acceptors (Lipinski definition) is 7. The van der Waals surface area contributed by atoms with Crippen molar-refractivity contribution in [3.05, 3.63) is 42.2 Å². The van der Waals surface area contributed by atoms with Crippen LogP contribution in [-0.2, 0) is 6.54 Å². The van der Waals surface area contributed by atoms with Crippen LogP contribution in [0.1, 0.15) is 11.4 Å². The summed E-state index contributed by atoms with van der Waals surface area (Å²) >= 11 is 1.09. The number of hydrogen-bond donors (Lipinski definition) is 2. The fraction of sp³-hybridized carbons (Fsp3) is 0.333. The highest BCUT2D eigenvalue weighted by Gasteiger charge is 2.62. The Bertz CT molecular complexity index is 1220. The van der Waals surface area contributed by atoms with Crippen molar-refractivity contribution in [3.63, 3.8) is 0 Å². The number of halogens is 4. The number of likely N-dealkylation sites (tertiary alicyclic amines) is 1. The molecule has 0 aromatic carbocycles. The van der Waals surface area contributed by atoms with Gasteiger partial charge < -0.3 is 5.32 Å². The van der Waals surface area contributed by atoms with Gasteiger partial charge in [-0.15, -0.1) is 0 Å². The minimum atomic E-state index is -4.03. The zero-order valence-electron chi connectivity index (χ0n) is 16.1. The van der Waals surface area contributed by atoms with Crippen molar-refractivity contribution in [2.24, 2.45) is 0 Å². The zero-order chi connectivity index (χ0) is 21.8. The predicted molar refractivity (Wildman–Crippen MR) is 106 cm³/mol. The lowest BCUT2D eigenvalue weighted by Gasteiger charge is -2.15. The van der Waals surface area contributed by atoms with Gasteiger partial charge in [0.1, 0.15) is 5.00 Å². The molecule has 0 unspecified atom stereocenters. The van der Waals surface area contributed by atoms with Crippen molar-refractivity contribution in [2.75, 3.05) is 18.4 Å². The first-order chi connectivity index (χ1) is 14.7. The summed E-state index contributed by atoms with van der Waals surface area (Å²) < 4.78 is 59.7. The number of H-pyrrole nitrogens is 1. The van der Waals surface area contributed by atoms with Gasteiger partial charge in [0, 0.05) is 24.5 Å². The van der Waals surface area contributed by atoms with Gasteiger partial charge in [-0.2, -0.15) is 27.0 Å². The average Bonchev–Trinajstić information content (AvgIpc) is 3.43. The maximum absolute atomic E-state index is 13.4. The van der Waals surface area contributed by atoms with Crippen LogP contribution >= 0.6 is 11.5 Å². The molecule has 1 fully saturated rings. The van der Waals surface area contributed by atoms with E-state index in [1.807, 2.05) is 17.5 Å². The first kappa shape index (κ1) is 19.9. The highest BCUT2D eigenvalue weighted by Crippen LogP contribution is 2.41. The van der Waals surface area contributed by atoms with Crippen LogP contribution in [0.2, 0.25) is 0 Å². The van der Waals surface area contributed by atoms with E-state index in [0.717, 1.165) is 33.4 Å². The van der Waals surface area contributed by atoms with Gasteiger partial charge >= 0.3 is 11.8 Å². The third kappa shape index (κ3) is 3.53. The summed E-state index contributed by atoms with van der Waals surface area (Å²) in [6.45, 7) is -0.236. The number of fused-ring (bicyclic) bond motifs is 1. The van der Waals surface area contributed by atoms with E-state index >= 15 is 0 Å². The summed E-state index contributed by atoms with van der Waals surface area (Å²) in [5.74, 6) is -7.58. The van der Waals surface area contributed by atoms with Crippen LogP contribution in [-0.4, -0.2) is 58.8 Å². The van der Waals surface area contributed by atoms with Crippen LogP contribution in [0.15, 0.2) is 30.9 Å². The highest BCUT2D eigenvalue weighted by molar-refractivity contribution is 7.10. The summed E-state index contributed by atoms with van der Waals surface area (Å²) in [5, 5.41) is 10.5. The molecule has 31 heavy (non-hydrogen) atoms. The fourth-order valence-corrected chi connectivity index (χ4v) is 4.21. The summed E-state index contributed by atoms with van der Waals surface area (Å²) in [6.07, 6.45) is 7.00. The van der Waals surface area contributed by atoms with Gasteiger partial charge in [-0.1, -0.05) is 0 Å². The topological polar surface area (TPSA) is 87.0 Å². The van der Waals surface area contributed by atoms with Gasteiger partial charge in [-0.25, -0.2) is 9.97 Å². The Labute approximate surface area is 177 Å². The van der Waals surface area contributed by atoms with Crippen molar-refractivity contribution in [1.82, 2.24) is 33.8 Å². The molecular formula is C18H16F4N8S. The Morgan fingerprint density at radius 1 is 1.19 bits per heavy atom. The molecule has 162 valence electrons. The van der Waals surface area contributed by atoms with Gasteiger partial charge in [0.05, 0.1) is 42.6 Å². The number of alkyl halides is 4. The molecule has 0 aliphatic carbocycles. The number of imidazole rings is 1. The smallest absolute Gasteiger partial charge is 0.323 e. The largest absolute Gasteiger partial charge is 0.328 e. The second kappa shape index (κ2) is 6.99. The van der Waals surface area contributed by atoms with Crippen molar-refractivity contribution in [2.45, 2.75) is 25.3 Å². The molecule has 0 amide bonds. The lowest BCUT2D eigenvalue weighted by Crippen LogP contribution is -2.38. The molecule has 4 aromatic heterocycles. The summed E-state index contributed by atoms with van der Waals surface area (Å²) in [5.41, 5.74) is 3.44. The molecule has 1 saturated heterocycles. The molecule has 8 nitrogen and oxygen atoms in total. The number of aromatic nitrogens is 6. The summed E-state index contributed by atoms with van der Waals surface area (Å²) in [4.78, 5) is 9.94. The van der Waals surface area contributed by atoms with Crippen LogP contribution < -0.4 is 5.32 Å². The Morgan fingerprint density at radius 2 is 1.97 bits per heavy atom. The van der Waals surface area contributed by atoms with E-state index < -0.39 is 24.9 Å². The third-order valence-corrected chi connectivity index (χ3v) is 5.71. The van der Waals surface area contributed by atoms with E-state index in [2.05, 4.69) is 29.9 Å². The normalized spacial score (nSPS) is 18.1. The molecular weight excluding hydrogens is 436 g/mol. The van der Waals surface area contributed by atoms with Gasteiger partial charge in [0.25, 0.3) is 0 Å². The quantitative estimate of drug-likeness (QED) is 0.449. The first-order valence-electron chi connectivity index (χ1n) is 9.26. The second-order valence-electron chi connectivity index (χ2n) is 7.42. The summed E-state index contributed by atoms with van der Waals surface area (Å²) in [7, 11) is 0. The fourth-order valence-electron chi connectivity index (χ4n) is 3.55. The molecule has 13 heteroatoms. The van der Waals surface area contributed by atoms with Gasteiger partial charge in [-0.05, 0) is 24.5 Å². The Hall–Kier alpha value is -3.06. The number of nitrogens with one attached hydrogen (secondary N) is 2. The minimum absolute atomic E-state index is 0.0893. The first-order valence-corrected chi connectivity index (χ1v) is 10.0. The van der Waals surface area contributed by atoms with E-state index in [4.69, 9.17) is 0 Å². The average molecular weight is 452 g/mol. The monoisotopic (exact) mass is 452 g/mol. The molecule has 4 aromatic rings. The maximum Gasteiger partial charge on any atom is 0.323 e. The molecule has 0 bridgehead atoms. The van der Waals surface area contributed by atoms with Crippen LogP contribution in [0.3, 0.4) is 0 Å². The number of anilines is 2. The van der Waals surface area contributed by atoms with Crippen LogP contribution in [0.25, 0.3) is 16.9 Å². The van der Waals surface area contributed by atoms with Crippen LogP contribution in [0, 0.1) is 6.92 Å². The zero-order valence-corrected chi connectivity index (χ0v) is 16.9. The van der Waals surface area contributed by atoms with Crippen molar-refractivity contribution >= 4 is 28.0 Å². The molecule has 0 atom stereocenters. The molecule has 1 aliphatic heterocycles. The number of rotatable bonds is 5. The van der Waals surface area contributed by atoms with Gasteiger partial charge in [0.15, 0.2) is 11.5 Å². The molecule has 0 saturated carbocycles. The van der Waals surface area contributed by atoms with Gasteiger partial charge in [0.2, 0.25) is 0 Å². The van der Waals surface area contributed by atoms with Crippen LogP contribution in [0.5, 0.6) is 0 Å². The lowest BCUT2D eigenvalue weighted by atomic mass is 10.2. The molecule has 5 rings (SSSR count). The van der Waals surface area contributed by atoms with E-state index in [0.29, 0.717) is 22.2 Å². The van der Waals surface area contributed by atoms with E-state index in [1.165, 1.54) is 0 Å². The van der Waals surface area contributed by atoms with E-state index in [-0.39, 0.29) is 6.54 Å². The summed E-state index contributed by atoms with van der Waals surface area (Å²) in [6, 6.07) is 1.64. The minimum Gasteiger partial charge on any atom is -0.328 e. The third-order valence-electron chi connectivity index (χ3n) is 4.97. The van der Waals surface area contributed by atoms with Crippen molar-refractivity contribution in [1.29, 1.82) is 0 Å². The number of aromatic amines is 1. The van der Waals surface area contributed by atoms with Gasteiger partial charge in [-0.3, -0.25) is 14.4 Å². The van der Waals surface area contributed by atoms with Crippen molar-refractivity contribution < 1.29 is 17.6 Å². The number of nitrogens with zero attached hydrogens (tertiary/aromatic N) is 6. The molecule has 0 radical (unpaired) electrons. The van der Waals surface area contributed by atoms with E-state index in [9.17, 15) is 17.6 Å². The van der Waals surface area contributed by atoms with E-state index in [1.54, 1.807) is 24.7 Å². The lowest BCUT2D eigenvalue weighted by molar-refractivity contribution is -0.172. The number of aryl methyl sites for hydroxylation is 1. The van der Waals surface area contributed by atoms with Crippen molar-refractivity contribution in [3.8, 4) is 11.3 Å². The Balaban J connectivity index is 1.37. The second-order valence-corrected chi connectivity index (χ2v) is 8.22. The molecule has 0 spiro atoms. The molecule has 2 N–H and O–H groups in total.